The summed E-state index contributed by atoms with van der Waals surface area (Å²) in [6, 6.07) is 0. The molecule has 18 heavy (non-hydrogen) atoms. The largest absolute Gasteiger partial charge is 0.382 e. The van der Waals surface area contributed by atoms with Crippen molar-refractivity contribution in [1.29, 1.82) is 0 Å². The molecule has 2 aliphatic rings. The molecule has 0 radical (unpaired) electrons. The van der Waals surface area contributed by atoms with Crippen LogP contribution in [0.4, 0.5) is 0 Å². The quantitative estimate of drug-likeness (QED) is 0.761. The van der Waals surface area contributed by atoms with Crippen LogP contribution in [0.2, 0.25) is 0 Å². The lowest BCUT2D eigenvalue weighted by atomic mass is 9.70. The van der Waals surface area contributed by atoms with Gasteiger partial charge in [0.25, 0.3) is 0 Å². The van der Waals surface area contributed by atoms with Crippen molar-refractivity contribution in [3.63, 3.8) is 0 Å². The highest BCUT2D eigenvalue weighted by molar-refractivity contribution is 5.89. The Balaban J connectivity index is 2.01. The van der Waals surface area contributed by atoms with Crippen molar-refractivity contribution < 1.29 is 9.90 Å². The molecule has 3 unspecified atom stereocenters. The van der Waals surface area contributed by atoms with E-state index in [1.165, 1.54) is 12.8 Å². The van der Waals surface area contributed by atoms with Crippen molar-refractivity contribution in [2.75, 3.05) is 0 Å². The molecule has 2 aliphatic carbocycles. The molecule has 0 aromatic carbocycles. The highest BCUT2D eigenvalue weighted by atomic mass is 16.3. The minimum atomic E-state index is -0.985. The van der Waals surface area contributed by atoms with Gasteiger partial charge in [-0.15, -0.1) is 0 Å². The van der Waals surface area contributed by atoms with E-state index >= 15 is 0 Å². The molecule has 1 N–H and O–H groups in total. The Kier molecular flexibility index (Phi) is 4.47. The number of carbonyl (C=O) groups excluding carboxylic acids is 1. The first-order valence-corrected chi connectivity index (χ1v) is 7.79. The Labute approximate surface area is 111 Å². The van der Waals surface area contributed by atoms with Crippen molar-refractivity contribution in [2.24, 2.45) is 17.8 Å². The highest BCUT2D eigenvalue weighted by Crippen LogP contribution is 2.38. The van der Waals surface area contributed by atoms with E-state index in [0.29, 0.717) is 18.8 Å². The van der Waals surface area contributed by atoms with E-state index in [1.54, 1.807) is 0 Å². The summed E-state index contributed by atoms with van der Waals surface area (Å²) in [5, 5.41) is 10.7. The van der Waals surface area contributed by atoms with Crippen LogP contribution in [-0.2, 0) is 4.79 Å². The highest BCUT2D eigenvalue weighted by Gasteiger charge is 2.41. The van der Waals surface area contributed by atoms with Gasteiger partial charge in [0.2, 0.25) is 0 Å². The van der Waals surface area contributed by atoms with Gasteiger partial charge in [-0.2, -0.15) is 0 Å². The summed E-state index contributed by atoms with van der Waals surface area (Å²) in [4.78, 5) is 12.6. The molecule has 0 bridgehead atoms. The number of aliphatic hydroxyl groups is 1. The Hall–Kier alpha value is -0.370. The number of rotatable bonds is 2. The second-order valence-electron chi connectivity index (χ2n) is 6.77. The van der Waals surface area contributed by atoms with Crippen molar-refractivity contribution in [3.8, 4) is 0 Å². The molecule has 0 aliphatic heterocycles. The lowest BCUT2D eigenvalue weighted by Gasteiger charge is -2.36. The van der Waals surface area contributed by atoms with Gasteiger partial charge in [0.1, 0.15) is 5.60 Å². The Bertz CT molecular complexity index is 289. The van der Waals surface area contributed by atoms with Gasteiger partial charge in [0.05, 0.1) is 0 Å². The molecule has 2 nitrogen and oxygen atoms in total. The summed E-state index contributed by atoms with van der Waals surface area (Å²) in [5.41, 5.74) is -0.985. The molecule has 0 spiro atoms. The normalized spacial score (nSPS) is 36.9. The van der Waals surface area contributed by atoms with E-state index in [4.69, 9.17) is 0 Å². The molecule has 0 saturated heterocycles. The zero-order valence-corrected chi connectivity index (χ0v) is 12.0. The number of hydrogen-bond donors (Lipinski definition) is 1. The average molecular weight is 252 g/mol. The number of Topliss-reactive ketones (excluding diaryl/α,β-unsaturated/α-hetero) is 1. The molecular formula is C16H28O2. The summed E-state index contributed by atoms with van der Waals surface area (Å²) in [6.07, 6.45) is 8.91. The lowest BCUT2D eigenvalue weighted by molar-refractivity contribution is -0.145. The molecule has 2 fully saturated rings. The number of carbonyl (C=O) groups is 1. The van der Waals surface area contributed by atoms with Crippen LogP contribution >= 0.6 is 0 Å². The molecule has 2 rings (SSSR count). The van der Waals surface area contributed by atoms with Crippen LogP contribution in [0.5, 0.6) is 0 Å². The summed E-state index contributed by atoms with van der Waals surface area (Å²) in [7, 11) is 0. The van der Waals surface area contributed by atoms with Crippen molar-refractivity contribution in [1.82, 2.24) is 0 Å². The predicted octanol–water partition coefficient (Wildman–Crippen LogP) is 3.71. The van der Waals surface area contributed by atoms with Crippen LogP contribution < -0.4 is 0 Å². The topological polar surface area (TPSA) is 37.3 Å². The first-order valence-electron chi connectivity index (χ1n) is 7.79. The second kappa shape index (κ2) is 5.73. The van der Waals surface area contributed by atoms with Crippen LogP contribution in [-0.4, -0.2) is 16.5 Å². The van der Waals surface area contributed by atoms with E-state index in [0.717, 1.165) is 38.0 Å². The Morgan fingerprint density at radius 1 is 1.00 bits per heavy atom. The van der Waals surface area contributed by atoms with Crippen molar-refractivity contribution in [2.45, 2.75) is 77.2 Å². The van der Waals surface area contributed by atoms with Gasteiger partial charge in [0, 0.05) is 5.92 Å². The number of hydrogen-bond acceptors (Lipinski definition) is 2. The van der Waals surface area contributed by atoms with Crippen LogP contribution in [0, 0.1) is 17.8 Å². The molecule has 0 aromatic heterocycles. The van der Waals surface area contributed by atoms with Gasteiger partial charge in [-0.3, -0.25) is 4.79 Å². The van der Waals surface area contributed by atoms with Crippen LogP contribution in [0.1, 0.15) is 71.6 Å². The lowest BCUT2D eigenvalue weighted by Crippen LogP contribution is -2.44. The molecule has 2 saturated carbocycles. The van der Waals surface area contributed by atoms with E-state index in [9.17, 15) is 9.90 Å². The summed E-state index contributed by atoms with van der Waals surface area (Å²) >= 11 is 0. The number of ketones is 1. The summed E-state index contributed by atoms with van der Waals surface area (Å²) < 4.78 is 0. The summed E-state index contributed by atoms with van der Waals surface area (Å²) in [6.45, 7) is 4.53. The first kappa shape index (κ1) is 14.0. The fraction of sp³-hybridized carbons (Fsp3) is 0.938. The minimum Gasteiger partial charge on any atom is -0.382 e. The monoisotopic (exact) mass is 252 g/mol. The third-order valence-electron chi connectivity index (χ3n) is 5.36. The fourth-order valence-electron chi connectivity index (χ4n) is 3.73. The molecule has 3 atom stereocenters. The molecule has 104 valence electrons. The van der Waals surface area contributed by atoms with Crippen LogP contribution in [0.25, 0.3) is 0 Å². The molecule has 0 heterocycles. The van der Waals surface area contributed by atoms with Gasteiger partial charge < -0.3 is 5.11 Å². The van der Waals surface area contributed by atoms with Gasteiger partial charge in [-0.05, 0) is 43.9 Å². The van der Waals surface area contributed by atoms with E-state index < -0.39 is 5.60 Å². The molecular weight excluding hydrogens is 224 g/mol. The van der Waals surface area contributed by atoms with E-state index in [1.807, 2.05) is 0 Å². The van der Waals surface area contributed by atoms with E-state index in [2.05, 4.69) is 13.8 Å². The van der Waals surface area contributed by atoms with Crippen molar-refractivity contribution in [3.05, 3.63) is 0 Å². The Morgan fingerprint density at radius 3 is 2.17 bits per heavy atom. The third kappa shape index (κ3) is 2.96. The van der Waals surface area contributed by atoms with Crippen molar-refractivity contribution >= 4 is 5.78 Å². The standard InChI is InChI=1S/C16H28O2/c1-12-7-8-14(11-13(12)2)15(17)16(18)9-5-3-4-6-10-16/h12-14,18H,3-11H2,1-2H3. The maximum atomic E-state index is 12.6. The van der Waals surface area contributed by atoms with Gasteiger partial charge in [-0.1, -0.05) is 39.5 Å². The maximum absolute atomic E-state index is 12.6. The van der Waals surface area contributed by atoms with Gasteiger partial charge >= 0.3 is 0 Å². The minimum absolute atomic E-state index is 0.124. The van der Waals surface area contributed by atoms with Crippen LogP contribution in [0.15, 0.2) is 0 Å². The smallest absolute Gasteiger partial charge is 0.167 e. The SMILES string of the molecule is CC1CCC(C(=O)C2(O)CCCCCC2)CC1C. The molecule has 2 heteroatoms. The second-order valence-corrected chi connectivity index (χ2v) is 6.77. The summed E-state index contributed by atoms with van der Waals surface area (Å²) in [5.74, 6) is 1.65. The van der Waals surface area contributed by atoms with E-state index in [-0.39, 0.29) is 11.7 Å². The van der Waals surface area contributed by atoms with Crippen LogP contribution in [0.3, 0.4) is 0 Å². The molecule has 0 aromatic rings. The molecule has 0 amide bonds. The van der Waals surface area contributed by atoms with Gasteiger partial charge in [-0.25, -0.2) is 0 Å². The Morgan fingerprint density at radius 2 is 1.61 bits per heavy atom. The third-order valence-corrected chi connectivity index (χ3v) is 5.36. The average Bonchev–Trinajstić information content (AvgIpc) is 2.58. The first-order chi connectivity index (χ1) is 8.53. The van der Waals surface area contributed by atoms with Gasteiger partial charge in [0.15, 0.2) is 5.78 Å². The zero-order chi connectivity index (χ0) is 13.2. The zero-order valence-electron chi connectivity index (χ0n) is 12.0. The maximum Gasteiger partial charge on any atom is 0.167 e. The fourth-order valence-corrected chi connectivity index (χ4v) is 3.73. The predicted molar refractivity (Wildman–Crippen MR) is 73.3 cm³/mol.